The zero-order chi connectivity index (χ0) is 14.5. The Morgan fingerprint density at radius 3 is 2.40 bits per heavy atom. The normalized spacial score (nSPS) is 14.8. The molecule has 6 nitrogen and oxygen atoms in total. The summed E-state index contributed by atoms with van der Waals surface area (Å²) in [5.74, 6) is -1.25. The van der Waals surface area contributed by atoms with Gasteiger partial charge in [0.25, 0.3) is 0 Å². The van der Waals surface area contributed by atoms with Crippen LogP contribution in [0.2, 0.25) is 0 Å². The second-order valence-electron chi connectivity index (χ2n) is 4.37. The number of hydrogen-bond acceptors (Lipinski definition) is 3. The molecule has 0 radical (unpaired) electrons. The molecule has 1 aromatic carbocycles. The van der Waals surface area contributed by atoms with Crippen molar-refractivity contribution < 1.29 is 14.4 Å². The number of nitrogens with zero attached hydrogens (tertiary/aromatic N) is 2. The molecule has 1 aliphatic heterocycles. The number of anilines is 1. The highest BCUT2D eigenvalue weighted by Gasteiger charge is 2.25. The third kappa shape index (κ3) is 3.36. The van der Waals surface area contributed by atoms with Gasteiger partial charge in [-0.3, -0.25) is 14.4 Å². The van der Waals surface area contributed by atoms with Gasteiger partial charge >= 0.3 is 11.8 Å². The minimum Gasteiger partial charge on any atom is -0.342 e. The van der Waals surface area contributed by atoms with Crippen LogP contribution in [0.3, 0.4) is 0 Å². The lowest BCUT2D eigenvalue weighted by atomic mass is 10.3. The standard InChI is InChI=1S/C13H14BrN3O3/c14-10-3-1-2-4-11(10)15-12(19)13(20)17-7-5-16(9-18)6-8-17/h1-4,9H,5-8H2,(H,15,19). The van der Waals surface area contributed by atoms with Crippen LogP contribution in [0.15, 0.2) is 28.7 Å². The number of piperazine rings is 1. The van der Waals surface area contributed by atoms with Crippen LogP contribution < -0.4 is 5.32 Å². The van der Waals surface area contributed by atoms with Gasteiger partial charge in [0, 0.05) is 30.7 Å². The summed E-state index contributed by atoms with van der Waals surface area (Å²) in [5, 5.41) is 2.57. The highest BCUT2D eigenvalue weighted by molar-refractivity contribution is 9.10. The van der Waals surface area contributed by atoms with Crippen molar-refractivity contribution in [1.29, 1.82) is 0 Å². The Balaban J connectivity index is 1.94. The maximum atomic E-state index is 12.0. The fourth-order valence-electron chi connectivity index (χ4n) is 1.91. The lowest BCUT2D eigenvalue weighted by Crippen LogP contribution is -2.51. The number of halogens is 1. The molecule has 1 saturated heterocycles. The van der Waals surface area contributed by atoms with E-state index in [0.717, 1.165) is 6.41 Å². The van der Waals surface area contributed by atoms with Crippen LogP contribution in [0.1, 0.15) is 0 Å². The van der Waals surface area contributed by atoms with Crippen molar-refractivity contribution in [2.24, 2.45) is 0 Å². The summed E-state index contributed by atoms with van der Waals surface area (Å²) in [4.78, 5) is 37.5. The number of amides is 3. The first kappa shape index (κ1) is 14.5. The molecule has 1 aromatic rings. The van der Waals surface area contributed by atoms with Crippen molar-refractivity contribution in [3.8, 4) is 0 Å². The van der Waals surface area contributed by atoms with Crippen LogP contribution in [0.4, 0.5) is 5.69 Å². The first-order valence-electron chi connectivity index (χ1n) is 6.16. The van der Waals surface area contributed by atoms with Crippen molar-refractivity contribution >= 4 is 39.8 Å². The molecule has 0 aliphatic carbocycles. The Morgan fingerprint density at radius 2 is 1.80 bits per heavy atom. The van der Waals surface area contributed by atoms with Crippen LogP contribution in [-0.4, -0.2) is 54.2 Å². The maximum Gasteiger partial charge on any atom is 0.313 e. The van der Waals surface area contributed by atoms with Crippen molar-refractivity contribution in [1.82, 2.24) is 9.80 Å². The van der Waals surface area contributed by atoms with E-state index in [2.05, 4.69) is 21.2 Å². The highest BCUT2D eigenvalue weighted by atomic mass is 79.9. The van der Waals surface area contributed by atoms with E-state index >= 15 is 0 Å². The number of carbonyl (C=O) groups is 3. The molecule has 0 bridgehead atoms. The molecule has 0 unspecified atom stereocenters. The molecule has 0 aromatic heterocycles. The Bertz CT molecular complexity index is 527. The van der Waals surface area contributed by atoms with Gasteiger partial charge in [0.1, 0.15) is 0 Å². The zero-order valence-corrected chi connectivity index (χ0v) is 12.3. The molecule has 1 fully saturated rings. The largest absolute Gasteiger partial charge is 0.342 e. The van der Waals surface area contributed by atoms with E-state index in [1.54, 1.807) is 23.1 Å². The molecule has 1 aliphatic rings. The second kappa shape index (κ2) is 6.51. The number of nitrogens with one attached hydrogen (secondary N) is 1. The monoisotopic (exact) mass is 339 g/mol. The quantitative estimate of drug-likeness (QED) is 0.636. The topological polar surface area (TPSA) is 69.7 Å². The number of carbonyl (C=O) groups excluding carboxylic acids is 3. The molecule has 7 heteroatoms. The number of rotatable bonds is 2. The van der Waals surface area contributed by atoms with Crippen LogP contribution >= 0.6 is 15.9 Å². The second-order valence-corrected chi connectivity index (χ2v) is 5.22. The summed E-state index contributed by atoms with van der Waals surface area (Å²) in [6.45, 7) is 1.66. The van der Waals surface area contributed by atoms with Crippen molar-refractivity contribution in [3.05, 3.63) is 28.7 Å². The number of benzene rings is 1. The van der Waals surface area contributed by atoms with Gasteiger partial charge in [0.2, 0.25) is 6.41 Å². The fourth-order valence-corrected chi connectivity index (χ4v) is 2.30. The third-order valence-electron chi connectivity index (χ3n) is 3.07. The summed E-state index contributed by atoms with van der Waals surface area (Å²) in [6.07, 6.45) is 0.753. The number of para-hydroxylation sites is 1. The molecule has 2 rings (SSSR count). The SMILES string of the molecule is O=CN1CCN(C(=O)C(=O)Nc2ccccc2Br)CC1. The lowest BCUT2D eigenvalue weighted by Gasteiger charge is -2.32. The predicted octanol–water partition coefficient (Wildman–Crippen LogP) is 0.688. The molecule has 1 N–H and O–H groups in total. The van der Waals surface area contributed by atoms with Gasteiger partial charge in [0.15, 0.2) is 0 Å². The van der Waals surface area contributed by atoms with Gasteiger partial charge in [-0.15, -0.1) is 0 Å². The van der Waals surface area contributed by atoms with Crippen molar-refractivity contribution in [3.63, 3.8) is 0 Å². The van der Waals surface area contributed by atoms with Gasteiger partial charge in [-0.25, -0.2) is 0 Å². The minimum absolute atomic E-state index is 0.376. The number of hydrogen-bond donors (Lipinski definition) is 1. The molecule has 0 saturated carbocycles. The summed E-state index contributed by atoms with van der Waals surface area (Å²) < 4.78 is 0.715. The van der Waals surface area contributed by atoms with Crippen molar-refractivity contribution in [2.45, 2.75) is 0 Å². The van der Waals surface area contributed by atoms with Crippen LogP contribution in [0.5, 0.6) is 0 Å². The molecule has 0 atom stereocenters. The van der Waals surface area contributed by atoms with Gasteiger partial charge in [-0.2, -0.15) is 0 Å². The summed E-state index contributed by atoms with van der Waals surface area (Å²) >= 11 is 3.30. The zero-order valence-electron chi connectivity index (χ0n) is 10.7. The molecule has 1 heterocycles. The Hall–Kier alpha value is -1.89. The molecular weight excluding hydrogens is 326 g/mol. The summed E-state index contributed by atoms with van der Waals surface area (Å²) in [5.41, 5.74) is 0.553. The van der Waals surface area contributed by atoms with Gasteiger partial charge in [-0.1, -0.05) is 12.1 Å². The smallest absolute Gasteiger partial charge is 0.313 e. The fraction of sp³-hybridized carbons (Fsp3) is 0.308. The highest BCUT2D eigenvalue weighted by Crippen LogP contribution is 2.21. The van der Waals surface area contributed by atoms with Gasteiger partial charge < -0.3 is 15.1 Å². The van der Waals surface area contributed by atoms with E-state index in [9.17, 15) is 14.4 Å². The molecular formula is C13H14BrN3O3. The van der Waals surface area contributed by atoms with E-state index in [4.69, 9.17) is 0 Å². The lowest BCUT2D eigenvalue weighted by molar-refractivity contribution is -0.144. The average molecular weight is 340 g/mol. The molecule has 106 valence electrons. The van der Waals surface area contributed by atoms with Crippen LogP contribution in [0, 0.1) is 0 Å². The van der Waals surface area contributed by atoms with E-state index < -0.39 is 11.8 Å². The van der Waals surface area contributed by atoms with Crippen molar-refractivity contribution in [2.75, 3.05) is 31.5 Å². The van der Waals surface area contributed by atoms with E-state index in [0.29, 0.717) is 36.3 Å². The van der Waals surface area contributed by atoms with Gasteiger partial charge in [-0.05, 0) is 28.1 Å². The Labute approximate surface area is 124 Å². The Kier molecular flexibility index (Phi) is 4.73. The summed E-state index contributed by atoms with van der Waals surface area (Å²) in [6, 6.07) is 7.08. The first-order chi connectivity index (χ1) is 9.61. The first-order valence-corrected chi connectivity index (χ1v) is 6.95. The van der Waals surface area contributed by atoms with E-state index in [-0.39, 0.29) is 0 Å². The van der Waals surface area contributed by atoms with E-state index in [1.165, 1.54) is 4.90 Å². The maximum absolute atomic E-state index is 12.0. The third-order valence-corrected chi connectivity index (χ3v) is 3.76. The van der Waals surface area contributed by atoms with E-state index in [1.807, 2.05) is 6.07 Å². The average Bonchev–Trinajstić information content (AvgIpc) is 2.49. The molecule has 3 amide bonds. The predicted molar refractivity (Wildman–Crippen MR) is 77.0 cm³/mol. The van der Waals surface area contributed by atoms with Gasteiger partial charge in [0.05, 0.1) is 5.69 Å². The van der Waals surface area contributed by atoms with Crippen LogP contribution in [0.25, 0.3) is 0 Å². The Morgan fingerprint density at radius 1 is 1.15 bits per heavy atom. The minimum atomic E-state index is -0.670. The molecule has 0 spiro atoms. The summed E-state index contributed by atoms with van der Waals surface area (Å²) in [7, 11) is 0. The van der Waals surface area contributed by atoms with Crippen LogP contribution in [-0.2, 0) is 14.4 Å². The molecule has 20 heavy (non-hydrogen) atoms.